The van der Waals surface area contributed by atoms with Crippen molar-refractivity contribution in [3.05, 3.63) is 40.7 Å². The van der Waals surface area contributed by atoms with Crippen LogP contribution < -0.4 is 4.74 Å². The zero-order valence-electron chi connectivity index (χ0n) is 12.5. The summed E-state index contributed by atoms with van der Waals surface area (Å²) in [6, 6.07) is 5.97. The second-order valence-electron chi connectivity index (χ2n) is 4.95. The summed E-state index contributed by atoms with van der Waals surface area (Å²) >= 11 is 0. The maximum Gasteiger partial charge on any atom is 0.358 e. The van der Waals surface area contributed by atoms with E-state index in [0.717, 1.165) is 17.7 Å². The number of hydrogen-bond donors (Lipinski definition) is 1. The number of hydrogen-bond acceptors (Lipinski definition) is 4. The third kappa shape index (κ3) is 3.39. The minimum atomic E-state index is -1.05. The van der Waals surface area contributed by atoms with Gasteiger partial charge in [-0.1, -0.05) is 17.3 Å². The Balaban J connectivity index is 1.88. The van der Waals surface area contributed by atoms with Gasteiger partial charge in [0.25, 0.3) is 0 Å². The topological polar surface area (TPSA) is 77.2 Å². The minimum absolute atomic E-state index is 0.00504. The SMILES string of the molecule is Cc1cccc(OCCCn2nnc(C(=O)O)c2C)c1C. The van der Waals surface area contributed by atoms with Crippen LogP contribution >= 0.6 is 0 Å². The number of rotatable bonds is 6. The summed E-state index contributed by atoms with van der Waals surface area (Å²) in [7, 11) is 0. The second-order valence-corrected chi connectivity index (χ2v) is 4.95. The molecule has 0 saturated carbocycles. The fraction of sp³-hybridized carbons (Fsp3) is 0.400. The molecular formula is C15H19N3O3. The van der Waals surface area contributed by atoms with Crippen molar-refractivity contribution in [3.8, 4) is 5.75 Å². The van der Waals surface area contributed by atoms with E-state index in [9.17, 15) is 4.79 Å². The van der Waals surface area contributed by atoms with Crippen LogP contribution in [0.1, 0.15) is 33.7 Å². The van der Waals surface area contributed by atoms with E-state index in [0.29, 0.717) is 18.8 Å². The van der Waals surface area contributed by atoms with Crippen LogP contribution in [0.25, 0.3) is 0 Å². The fourth-order valence-electron chi connectivity index (χ4n) is 2.05. The summed E-state index contributed by atoms with van der Waals surface area (Å²) in [5, 5.41) is 16.4. The van der Waals surface area contributed by atoms with Crippen LogP contribution in [0.15, 0.2) is 18.2 Å². The predicted molar refractivity (Wildman–Crippen MR) is 77.7 cm³/mol. The number of nitrogens with zero attached hydrogens (tertiary/aromatic N) is 3. The molecule has 2 aromatic rings. The van der Waals surface area contributed by atoms with Gasteiger partial charge in [0.2, 0.25) is 0 Å². The molecule has 0 aliphatic heterocycles. The maximum atomic E-state index is 10.9. The molecule has 6 heteroatoms. The first-order valence-corrected chi connectivity index (χ1v) is 6.83. The third-order valence-corrected chi connectivity index (χ3v) is 3.51. The fourth-order valence-corrected chi connectivity index (χ4v) is 2.05. The van der Waals surface area contributed by atoms with E-state index in [4.69, 9.17) is 9.84 Å². The Morgan fingerprint density at radius 2 is 2.10 bits per heavy atom. The quantitative estimate of drug-likeness (QED) is 0.826. The smallest absolute Gasteiger partial charge is 0.358 e. The average Bonchev–Trinajstić information content (AvgIpc) is 2.81. The molecule has 21 heavy (non-hydrogen) atoms. The number of carbonyl (C=O) groups is 1. The molecule has 0 aliphatic rings. The van der Waals surface area contributed by atoms with Crippen LogP contribution in [0.3, 0.4) is 0 Å². The molecule has 0 fully saturated rings. The molecule has 1 N–H and O–H groups in total. The highest BCUT2D eigenvalue weighted by Gasteiger charge is 2.14. The molecule has 2 rings (SSSR count). The molecule has 1 aromatic carbocycles. The molecule has 0 bridgehead atoms. The normalized spacial score (nSPS) is 10.6. The van der Waals surface area contributed by atoms with Gasteiger partial charge in [-0.15, -0.1) is 5.10 Å². The van der Waals surface area contributed by atoms with Gasteiger partial charge in [0.05, 0.1) is 12.3 Å². The van der Waals surface area contributed by atoms with Crippen LogP contribution in [0.5, 0.6) is 5.75 Å². The summed E-state index contributed by atoms with van der Waals surface area (Å²) in [5.41, 5.74) is 2.91. The molecule has 0 spiro atoms. The molecule has 0 aliphatic carbocycles. The van der Waals surface area contributed by atoms with Crippen molar-refractivity contribution in [2.75, 3.05) is 6.61 Å². The van der Waals surface area contributed by atoms with E-state index < -0.39 is 5.97 Å². The van der Waals surface area contributed by atoms with Crippen LogP contribution in [0, 0.1) is 20.8 Å². The van der Waals surface area contributed by atoms with Gasteiger partial charge >= 0.3 is 5.97 Å². The van der Waals surface area contributed by atoms with Gasteiger partial charge in [0.15, 0.2) is 5.69 Å². The van der Waals surface area contributed by atoms with E-state index >= 15 is 0 Å². The van der Waals surface area contributed by atoms with Crippen LogP contribution in [0.2, 0.25) is 0 Å². The Labute approximate surface area is 123 Å². The number of aromatic nitrogens is 3. The van der Waals surface area contributed by atoms with Crippen LogP contribution in [-0.4, -0.2) is 32.7 Å². The van der Waals surface area contributed by atoms with Crippen molar-refractivity contribution in [1.82, 2.24) is 15.0 Å². The highest BCUT2D eigenvalue weighted by atomic mass is 16.5. The average molecular weight is 289 g/mol. The molecule has 0 atom stereocenters. The largest absolute Gasteiger partial charge is 0.493 e. The lowest BCUT2D eigenvalue weighted by Crippen LogP contribution is -2.08. The summed E-state index contributed by atoms with van der Waals surface area (Å²) in [4.78, 5) is 10.9. The predicted octanol–water partition coefficient (Wildman–Crippen LogP) is 2.37. The summed E-state index contributed by atoms with van der Waals surface area (Å²) < 4.78 is 7.35. The number of ether oxygens (including phenoxy) is 1. The Morgan fingerprint density at radius 3 is 2.76 bits per heavy atom. The Morgan fingerprint density at radius 1 is 1.33 bits per heavy atom. The van der Waals surface area contributed by atoms with E-state index in [1.807, 2.05) is 32.0 Å². The Bertz CT molecular complexity index is 650. The minimum Gasteiger partial charge on any atom is -0.493 e. The maximum absolute atomic E-state index is 10.9. The summed E-state index contributed by atoms with van der Waals surface area (Å²) in [5.74, 6) is -0.165. The van der Waals surface area contributed by atoms with E-state index in [2.05, 4.69) is 10.3 Å². The summed E-state index contributed by atoms with van der Waals surface area (Å²) in [6.07, 6.45) is 0.733. The number of carboxylic acids is 1. The highest BCUT2D eigenvalue weighted by Crippen LogP contribution is 2.20. The van der Waals surface area contributed by atoms with Gasteiger partial charge in [0.1, 0.15) is 5.75 Å². The zero-order valence-corrected chi connectivity index (χ0v) is 12.5. The van der Waals surface area contributed by atoms with Gasteiger partial charge in [-0.2, -0.15) is 0 Å². The van der Waals surface area contributed by atoms with Crippen molar-refractivity contribution < 1.29 is 14.6 Å². The van der Waals surface area contributed by atoms with E-state index in [1.54, 1.807) is 11.6 Å². The van der Waals surface area contributed by atoms with Crippen molar-refractivity contribution >= 4 is 5.97 Å². The molecule has 1 aromatic heterocycles. The second kappa shape index (κ2) is 6.39. The molecule has 0 amide bonds. The lowest BCUT2D eigenvalue weighted by molar-refractivity contribution is 0.0689. The summed E-state index contributed by atoms with van der Waals surface area (Å²) in [6.45, 7) is 6.91. The molecule has 0 saturated heterocycles. The van der Waals surface area contributed by atoms with Gasteiger partial charge in [0, 0.05) is 13.0 Å². The first kappa shape index (κ1) is 15.0. The van der Waals surface area contributed by atoms with Gasteiger partial charge < -0.3 is 9.84 Å². The van der Waals surface area contributed by atoms with Gasteiger partial charge in [-0.3, -0.25) is 0 Å². The van der Waals surface area contributed by atoms with Gasteiger partial charge in [-0.05, 0) is 38.0 Å². The van der Waals surface area contributed by atoms with E-state index in [1.165, 1.54) is 5.56 Å². The van der Waals surface area contributed by atoms with Crippen molar-refractivity contribution in [3.63, 3.8) is 0 Å². The Kier molecular flexibility index (Phi) is 4.57. The molecule has 0 radical (unpaired) electrons. The van der Waals surface area contributed by atoms with Crippen molar-refractivity contribution in [1.29, 1.82) is 0 Å². The standard InChI is InChI=1S/C15H19N3O3/c1-10-6-4-7-13(11(10)2)21-9-5-8-18-12(3)14(15(19)20)16-17-18/h4,6-7H,5,8-9H2,1-3H3,(H,19,20). The van der Waals surface area contributed by atoms with Gasteiger partial charge in [-0.25, -0.2) is 9.48 Å². The number of benzene rings is 1. The third-order valence-electron chi connectivity index (χ3n) is 3.51. The molecular weight excluding hydrogens is 270 g/mol. The molecule has 6 nitrogen and oxygen atoms in total. The Hall–Kier alpha value is -2.37. The lowest BCUT2D eigenvalue weighted by Gasteiger charge is -2.11. The number of carboxylic acid groups (broad SMARTS) is 1. The molecule has 112 valence electrons. The molecule has 1 heterocycles. The van der Waals surface area contributed by atoms with Crippen LogP contribution in [0.4, 0.5) is 0 Å². The molecule has 0 unspecified atom stereocenters. The highest BCUT2D eigenvalue weighted by molar-refractivity contribution is 5.86. The zero-order chi connectivity index (χ0) is 15.4. The first-order valence-electron chi connectivity index (χ1n) is 6.83. The number of aryl methyl sites for hydroxylation is 2. The number of aromatic carboxylic acids is 1. The van der Waals surface area contributed by atoms with E-state index in [-0.39, 0.29) is 5.69 Å². The first-order chi connectivity index (χ1) is 10.0. The van der Waals surface area contributed by atoms with Crippen molar-refractivity contribution in [2.24, 2.45) is 0 Å². The monoisotopic (exact) mass is 289 g/mol. The van der Waals surface area contributed by atoms with Crippen LogP contribution in [-0.2, 0) is 6.54 Å². The lowest BCUT2D eigenvalue weighted by atomic mass is 10.1. The van der Waals surface area contributed by atoms with Crippen molar-refractivity contribution in [2.45, 2.75) is 33.7 Å².